The van der Waals surface area contributed by atoms with Crippen molar-refractivity contribution in [1.29, 1.82) is 0 Å². The van der Waals surface area contributed by atoms with E-state index in [0.717, 1.165) is 0 Å². The Kier molecular flexibility index (Phi) is 5.75. The molecule has 25 heavy (non-hydrogen) atoms. The zero-order valence-corrected chi connectivity index (χ0v) is 15.4. The fourth-order valence-corrected chi connectivity index (χ4v) is 2.92. The van der Waals surface area contributed by atoms with Crippen molar-refractivity contribution < 1.29 is 9.47 Å². The molecular formula is C16H13Cl3N4O2. The number of rotatable bonds is 6. The van der Waals surface area contributed by atoms with Gasteiger partial charge >= 0.3 is 0 Å². The van der Waals surface area contributed by atoms with E-state index in [9.17, 15) is 0 Å². The van der Waals surface area contributed by atoms with Crippen LogP contribution in [-0.2, 0) is 4.74 Å². The summed E-state index contributed by atoms with van der Waals surface area (Å²) < 4.78 is 12.1. The van der Waals surface area contributed by atoms with Crippen LogP contribution in [0.15, 0.2) is 36.4 Å². The van der Waals surface area contributed by atoms with Crippen LogP contribution in [0, 0.1) is 0 Å². The van der Waals surface area contributed by atoms with Gasteiger partial charge in [-0.25, -0.2) is 0 Å². The van der Waals surface area contributed by atoms with Crippen LogP contribution in [0.4, 0.5) is 0 Å². The van der Waals surface area contributed by atoms with Crippen molar-refractivity contribution >= 4 is 34.8 Å². The average molecular weight is 400 g/mol. The van der Waals surface area contributed by atoms with E-state index >= 15 is 0 Å². The number of nitrogens with zero attached hydrogens (tertiary/aromatic N) is 4. The molecule has 0 saturated carbocycles. The van der Waals surface area contributed by atoms with Crippen LogP contribution in [0.2, 0.25) is 15.1 Å². The lowest BCUT2D eigenvalue weighted by Gasteiger charge is -2.12. The fraction of sp³-hybridized carbons (Fsp3) is 0.188. The molecule has 0 amide bonds. The Morgan fingerprint density at radius 3 is 2.56 bits per heavy atom. The summed E-state index contributed by atoms with van der Waals surface area (Å²) in [6.07, 6.45) is 0. The molecular weight excluding hydrogens is 387 g/mol. The van der Waals surface area contributed by atoms with Crippen molar-refractivity contribution in [3.05, 3.63) is 51.5 Å². The van der Waals surface area contributed by atoms with Crippen LogP contribution in [0.1, 0.15) is 0 Å². The zero-order valence-electron chi connectivity index (χ0n) is 13.1. The molecule has 0 spiro atoms. The number of hydrogen-bond acceptors (Lipinski definition) is 5. The number of aromatic nitrogens is 4. The Labute approximate surface area is 159 Å². The second-order valence-corrected chi connectivity index (χ2v) is 6.19. The highest BCUT2D eigenvalue weighted by atomic mass is 35.5. The SMILES string of the molecule is COCCOc1cc(-n2nnnc2-c2ccccc2Cl)c(Cl)cc1Cl. The first-order valence-corrected chi connectivity index (χ1v) is 8.39. The number of hydrogen-bond donors (Lipinski definition) is 0. The molecule has 3 aromatic rings. The molecule has 9 heteroatoms. The van der Waals surface area contributed by atoms with Crippen LogP contribution in [0.5, 0.6) is 5.75 Å². The lowest BCUT2D eigenvalue weighted by Crippen LogP contribution is -2.06. The Balaban J connectivity index is 2.04. The minimum Gasteiger partial charge on any atom is -0.490 e. The Morgan fingerprint density at radius 2 is 1.80 bits per heavy atom. The standard InChI is InChI=1S/C16H13Cl3N4O2/c1-24-6-7-25-15-9-14(12(18)8-13(15)19)23-16(20-21-22-23)10-4-2-3-5-11(10)17/h2-5,8-9H,6-7H2,1H3. The first-order chi connectivity index (χ1) is 12.1. The monoisotopic (exact) mass is 398 g/mol. The van der Waals surface area contributed by atoms with Crippen molar-refractivity contribution in [3.63, 3.8) is 0 Å². The third kappa shape index (κ3) is 3.88. The van der Waals surface area contributed by atoms with E-state index in [4.69, 9.17) is 44.3 Å². The molecule has 1 heterocycles. The Bertz CT molecular complexity index is 886. The minimum absolute atomic E-state index is 0.351. The molecule has 0 N–H and O–H groups in total. The van der Waals surface area contributed by atoms with E-state index in [-0.39, 0.29) is 0 Å². The van der Waals surface area contributed by atoms with E-state index in [0.29, 0.717) is 51.1 Å². The molecule has 0 aliphatic carbocycles. The van der Waals surface area contributed by atoms with Crippen LogP contribution in [0.3, 0.4) is 0 Å². The van der Waals surface area contributed by atoms with Crippen LogP contribution in [-0.4, -0.2) is 40.5 Å². The molecule has 0 saturated heterocycles. The number of benzene rings is 2. The highest BCUT2D eigenvalue weighted by Crippen LogP contribution is 2.35. The maximum absolute atomic E-state index is 6.34. The van der Waals surface area contributed by atoms with Crippen molar-refractivity contribution in [2.24, 2.45) is 0 Å². The number of ether oxygens (including phenoxy) is 2. The van der Waals surface area contributed by atoms with E-state index in [1.54, 1.807) is 25.3 Å². The van der Waals surface area contributed by atoms with Gasteiger partial charge in [-0.3, -0.25) is 0 Å². The molecule has 0 aliphatic heterocycles. The molecule has 3 rings (SSSR count). The van der Waals surface area contributed by atoms with Gasteiger partial charge in [0.1, 0.15) is 12.4 Å². The number of tetrazole rings is 1. The smallest absolute Gasteiger partial charge is 0.188 e. The summed E-state index contributed by atoms with van der Waals surface area (Å²) in [5.74, 6) is 0.913. The van der Waals surface area contributed by atoms with Crippen molar-refractivity contribution in [2.45, 2.75) is 0 Å². The van der Waals surface area contributed by atoms with Crippen molar-refractivity contribution in [2.75, 3.05) is 20.3 Å². The predicted molar refractivity (Wildman–Crippen MR) is 97.0 cm³/mol. The van der Waals surface area contributed by atoms with Crippen LogP contribution < -0.4 is 4.74 Å². The second-order valence-electron chi connectivity index (χ2n) is 4.97. The van der Waals surface area contributed by atoms with Crippen LogP contribution >= 0.6 is 34.8 Å². The van der Waals surface area contributed by atoms with Gasteiger partial charge in [0, 0.05) is 18.7 Å². The van der Waals surface area contributed by atoms with Gasteiger partial charge in [0.05, 0.1) is 27.4 Å². The summed E-state index contributed by atoms with van der Waals surface area (Å²) in [4.78, 5) is 0. The summed E-state index contributed by atoms with van der Waals surface area (Å²) in [5.41, 5.74) is 1.21. The highest BCUT2D eigenvalue weighted by Gasteiger charge is 2.18. The van der Waals surface area contributed by atoms with Gasteiger partial charge in [-0.15, -0.1) is 5.10 Å². The molecule has 0 bridgehead atoms. The summed E-state index contributed by atoms with van der Waals surface area (Å²) >= 11 is 18.8. The van der Waals surface area contributed by atoms with E-state index in [1.807, 2.05) is 18.2 Å². The first-order valence-electron chi connectivity index (χ1n) is 7.26. The quantitative estimate of drug-likeness (QED) is 0.578. The maximum atomic E-state index is 6.34. The minimum atomic E-state index is 0.351. The predicted octanol–water partition coefficient (Wildman–Crippen LogP) is 4.31. The van der Waals surface area contributed by atoms with E-state index < -0.39 is 0 Å². The molecule has 2 aromatic carbocycles. The summed E-state index contributed by atoms with van der Waals surface area (Å²) in [6, 6.07) is 10.5. The highest BCUT2D eigenvalue weighted by molar-refractivity contribution is 6.36. The topological polar surface area (TPSA) is 62.1 Å². The lowest BCUT2D eigenvalue weighted by atomic mass is 10.2. The molecule has 0 unspecified atom stereocenters. The largest absolute Gasteiger partial charge is 0.490 e. The van der Waals surface area contributed by atoms with Crippen molar-refractivity contribution in [1.82, 2.24) is 20.2 Å². The summed E-state index contributed by atoms with van der Waals surface area (Å²) in [5, 5.41) is 13.1. The molecule has 6 nitrogen and oxygen atoms in total. The Morgan fingerprint density at radius 1 is 1.00 bits per heavy atom. The molecule has 130 valence electrons. The van der Waals surface area contributed by atoms with Gasteiger partial charge in [0.25, 0.3) is 0 Å². The number of methoxy groups -OCH3 is 1. The summed E-state index contributed by atoms with van der Waals surface area (Å²) in [7, 11) is 1.59. The third-order valence-corrected chi connectivity index (χ3v) is 4.29. The van der Waals surface area contributed by atoms with Gasteiger partial charge in [0.2, 0.25) is 0 Å². The Hall–Kier alpha value is -1.86. The molecule has 0 atom stereocenters. The molecule has 0 aliphatic rings. The zero-order chi connectivity index (χ0) is 17.8. The molecule has 0 fully saturated rings. The third-order valence-electron chi connectivity index (χ3n) is 3.36. The first kappa shape index (κ1) is 17.9. The molecule has 0 radical (unpaired) electrons. The fourth-order valence-electron chi connectivity index (χ4n) is 2.19. The number of halogens is 3. The van der Waals surface area contributed by atoms with Gasteiger partial charge in [-0.05, 0) is 28.6 Å². The van der Waals surface area contributed by atoms with Gasteiger partial charge in [0.15, 0.2) is 5.82 Å². The maximum Gasteiger partial charge on any atom is 0.188 e. The van der Waals surface area contributed by atoms with Gasteiger partial charge in [-0.1, -0.05) is 46.9 Å². The normalized spacial score (nSPS) is 10.9. The van der Waals surface area contributed by atoms with Crippen molar-refractivity contribution in [3.8, 4) is 22.8 Å². The molecule has 1 aromatic heterocycles. The average Bonchev–Trinajstić information content (AvgIpc) is 3.06. The van der Waals surface area contributed by atoms with Gasteiger partial charge < -0.3 is 9.47 Å². The van der Waals surface area contributed by atoms with Crippen LogP contribution in [0.25, 0.3) is 17.1 Å². The summed E-state index contributed by atoms with van der Waals surface area (Å²) in [6.45, 7) is 0.786. The van der Waals surface area contributed by atoms with E-state index in [1.165, 1.54) is 4.68 Å². The van der Waals surface area contributed by atoms with E-state index in [2.05, 4.69) is 15.5 Å². The lowest BCUT2D eigenvalue weighted by molar-refractivity contribution is 0.146. The van der Waals surface area contributed by atoms with Gasteiger partial charge in [-0.2, -0.15) is 4.68 Å². The second kappa shape index (κ2) is 8.01.